The predicted molar refractivity (Wildman–Crippen MR) is 61.0 cm³/mol. The molecule has 0 aliphatic heterocycles. The first-order valence-electron chi connectivity index (χ1n) is 4.96. The number of anilines is 1. The number of hydrogen-bond donors (Lipinski definition) is 2. The van der Waals surface area contributed by atoms with Crippen molar-refractivity contribution in [1.29, 1.82) is 0 Å². The van der Waals surface area contributed by atoms with Gasteiger partial charge in [-0.2, -0.15) is 0 Å². The highest BCUT2D eigenvalue weighted by Crippen LogP contribution is 2.04. The van der Waals surface area contributed by atoms with E-state index in [1.54, 1.807) is 18.3 Å². The lowest BCUT2D eigenvalue weighted by molar-refractivity contribution is 0.155. The molecule has 1 heterocycles. The molecule has 0 radical (unpaired) electrons. The molecule has 1 amide bonds. The van der Waals surface area contributed by atoms with Gasteiger partial charge in [0.15, 0.2) is 0 Å². The van der Waals surface area contributed by atoms with E-state index in [-0.39, 0.29) is 6.61 Å². The lowest BCUT2D eigenvalue weighted by Crippen LogP contribution is -2.13. The smallest absolute Gasteiger partial charge is 0.413 e. The van der Waals surface area contributed by atoms with E-state index in [9.17, 15) is 4.79 Å². The SMILES string of the molecule is O=C(Nc1ccc[nH]1)OCc1ccccc1. The number of H-pyrrole nitrogens is 1. The molecule has 0 fully saturated rings. The Labute approximate surface area is 93.3 Å². The van der Waals surface area contributed by atoms with Gasteiger partial charge < -0.3 is 9.72 Å². The number of ether oxygens (including phenoxy) is 1. The minimum atomic E-state index is -0.466. The monoisotopic (exact) mass is 216 g/mol. The van der Waals surface area contributed by atoms with Crippen LogP contribution < -0.4 is 5.32 Å². The molecule has 0 unspecified atom stereocenters. The number of carbonyl (C=O) groups is 1. The Morgan fingerprint density at radius 2 is 2.00 bits per heavy atom. The number of carbonyl (C=O) groups excluding carboxylic acids is 1. The first-order chi connectivity index (χ1) is 7.84. The fraction of sp³-hybridized carbons (Fsp3) is 0.0833. The molecular weight excluding hydrogens is 204 g/mol. The summed E-state index contributed by atoms with van der Waals surface area (Å²) in [5.74, 6) is 0.623. The third-order valence-corrected chi connectivity index (χ3v) is 2.05. The first-order valence-corrected chi connectivity index (χ1v) is 4.96. The summed E-state index contributed by atoms with van der Waals surface area (Å²) >= 11 is 0. The van der Waals surface area contributed by atoms with E-state index in [2.05, 4.69) is 10.3 Å². The van der Waals surface area contributed by atoms with E-state index in [4.69, 9.17) is 4.74 Å². The van der Waals surface area contributed by atoms with Gasteiger partial charge in [-0.05, 0) is 17.7 Å². The molecule has 0 saturated heterocycles. The van der Waals surface area contributed by atoms with Crippen LogP contribution in [0.3, 0.4) is 0 Å². The number of aromatic nitrogens is 1. The van der Waals surface area contributed by atoms with Gasteiger partial charge in [0.25, 0.3) is 0 Å². The van der Waals surface area contributed by atoms with Crippen molar-refractivity contribution in [3.05, 3.63) is 54.2 Å². The topological polar surface area (TPSA) is 54.1 Å². The van der Waals surface area contributed by atoms with E-state index in [0.29, 0.717) is 5.82 Å². The molecule has 2 aromatic rings. The van der Waals surface area contributed by atoms with Gasteiger partial charge in [-0.25, -0.2) is 4.79 Å². The third kappa shape index (κ3) is 2.88. The summed E-state index contributed by atoms with van der Waals surface area (Å²) in [6, 6.07) is 13.1. The number of hydrogen-bond acceptors (Lipinski definition) is 2. The van der Waals surface area contributed by atoms with Gasteiger partial charge in [-0.1, -0.05) is 30.3 Å². The quantitative estimate of drug-likeness (QED) is 0.828. The van der Waals surface area contributed by atoms with Gasteiger partial charge in [0, 0.05) is 6.20 Å². The average molecular weight is 216 g/mol. The summed E-state index contributed by atoms with van der Waals surface area (Å²) in [7, 11) is 0. The molecular formula is C12H12N2O2. The molecule has 0 atom stereocenters. The largest absolute Gasteiger partial charge is 0.444 e. The van der Waals surface area contributed by atoms with Gasteiger partial charge >= 0.3 is 6.09 Å². The molecule has 4 nitrogen and oxygen atoms in total. The normalized spacial score (nSPS) is 9.75. The van der Waals surface area contributed by atoms with Crippen molar-refractivity contribution in [2.75, 3.05) is 5.32 Å². The standard InChI is InChI=1S/C12H12N2O2/c15-12(14-11-7-4-8-13-11)16-9-10-5-2-1-3-6-10/h1-8,13H,9H2,(H,14,15). The number of aromatic amines is 1. The highest BCUT2D eigenvalue weighted by atomic mass is 16.5. The molecule has 82 valence electrons. The van der Waals surface area contributed by atoms with E-state index in [1.807, 2.05) is 30.3 Å². The van der Waals surface area contributed by atoms with Crippen molar-refractivity contribution < 1.29 is 9.53 Å². The van der Waals surface area contributed by atoms with Crippen molar-refractivity contribution in [2.24, 2.45) is 0 Å². The molecule has 2 N–H and O–H groups in total. The van der Waals surface area contributed by atoms with Crippen LogP contribution in [0.2, 0.25) is 0 Å². The minimum Gasteiger partial charge on any atom is -0.444 e. The third-order valence-electron chi connectivity index (χ3n) is 2.05. The zero-order chi connectivity index (χ0) is 11.2. The van der Waals surface area contributed by atoms with E-state index in [1.165, 1.54) is 0 Å². The van der Waals surface area contributed by atoms with Gasteiger partial charge in [0.05, 0.1) is 0 Å². The van der Waals surface area contributed by atoms with Crippen LogP contribution in [0.15, 0.2) is 48.7 Å². The lowest BCUT2D eigenvalue weighted by Gasteiger charge is -2.05. The predicted octanol–water partition coefficient (Wildman–Crippen LogP) is 2.76. The van der Waals surface area contributed by atoms with Crippen molar-refractivity contribution in [1.82, 2.24) is 4.98 Å². The Kier molecular flexibility index (Phi) is 3.23. The first kappa shape index (κ1) is 10.3. The van der Waals surface area contributed by atoms with Crippen LogP contribution in [0.4, 0.5) is 10.6 Å². The van der Waals surface area contributed by atoms with E-state index < -0.39 is 6.09 Å². The van der Waals surface area contributed by atoms with E-state index >= 15 is 0 Å². The molecule has 1 aromatic heterocycles. The highest BCUT2D eigenvalue weighted by molar-refractivity contribution is 5.83. The van der Waals surface area contributed by atoms with E-state index in [0.717, 1.165) is 5.56 Å². The van der Waals surface area contributed by atoms with Gasteiger partial charge in [-0.3, -0.25) is 5.32 Å². The fourth-order valence-electron chi connectivity index (χ4n) is 1.28. The summed E-state index contributed by atoms with van der Waals surface area (Å²) in [6.45, 7) is 0.271. The summed E-state index contributed by atoms with van der Waals surface area (Å²) in [5, 5.41) is 2.58. The van der Waals surface area contributed by atoms with Gasteiger partial charge in [0.1, 0.15) is 12.4 Å². The molecule has 0 bridgehead atoms. The van der Waals surface area contributed by atoms with Crippen LogP contribution in [0.25, 0.3) is 0 Å². The van der Waals surface area contributed by atoms with Crippen LogP contribution in [0.5, 0.6) is 0 Å². The Balaban J connectivity index is 1.80. The minimum absolute atomic E-state index is 0.271. The van der Waals surface area contributed by atoms with Gasteiger partial charge in [0.2, 0.25) is 0 Å². The Morgan fingerprint density at radius 3 is 2.69 bits per heavy atom. The van der Waals surface area contributed by atoms with Crippen molar-refractivity contribution in [2.45, 2.75) is 6.61 Å². The Morgan fingerprint density at radius 1 is 1.19 bits per heavy atom. The van der Waals surface area contributed by atoms with Crippen LogP contribution in [0, 0.1) is 0 Å². The van der Waals surface area contributed by atoms with Crippen LogP contribution in [-0.2, 0) is 11.3 Å². The second kappa shape index (κ2) is 5.02. The highest BCUT2D eigenvalue weighted by Gasteiger charge is 2.03. The number of nitrogens with one attached hydrogen (secondary N) is 2. The molecule has 0 spiro atoms. The molecule has 0 saturated carbocycles. The second-order valence-corrected chi connectivity index (χ2v) is 3.27. The molecule has 1 aromatic carbocycles. The zero-order valence-electron chi connectivity index (χ0n) is 8.64. The van der Waals surface area contributed by atoms with Crippen LogP contribution in [0.1, 0.15) is 5.56 Å². The fourth-order valence-corrected chi connectivity index (χ4v) is 1.28. The Hall–Kier alpha value is -2.23. The molecule has 2 rings (SSSR count). The molecule has 0 aliphatic rings. The summed E-state index contributed by atoms with van der Waals surface area (Å²) < 4.78 is 5.03. The summed E-state index contributed by atoms with van der Waals surface area (Å²) in [4.78, 5) is 14.2. The van der Waals surface area contributed by atoms with Crippen LogP contribution in [-0.4, -0.2) is 11.1 Å². The zero-order valence-corrected chi connectivity index (χ0v) is 8.64. The van der Waals surface area contributed by atoms with Crippen LogP contribution >= 0.6 is 0 Å². The maximum absolute atomic E-state index is 11.3. The summed E-state index contributed by atoms with van der Waals surface area (Å²) in [5.41, 5.74) is 0.962. The van der Waals surface area contributed by atoms with Crippen molar-refractivity contribution in [3.8, 4) is 0 Å². The maximum Gasteiger partial charge on any atom is 0.413 e. The maximum atomic E-state index is 11.3. The second-order valence-electron chi connectivity index (χ2n) is 3.27. The summed E-state index contributed by atoms with van der Waals surface area (Å²) in [6.07, 6.45) is 1.26. The van der Waals surface area contributed by atoms with Crippen molar-refractivity contribution >= 4 is 11.9 Å². The lowest BCUT2D eigenvalue weighted by atomic mass is 10.2. The molecule has 16 heavy (non-hydrogen) atoms. The van der Waals surface area contributed by atoms with Crippen molar-refractivity contribution in [3.63, 3.8) is 0 Å². The number of rotatable bonds is 3. The van der Waals surface area contributed by atoms with Gasteiger partial charge in [-0.15, -0.1) is 0 Å². The average Bonchev–Trinajstić information content (AvgIpc) is 2.81. The molecule has 0 aliphatic carbocycles. The number of benzene rings is 1. The number of amides is 1. The molecule has 4 heteroatoms. The Bertz CT molecular complexity index is 437.